The predicted octanol–water partition coefficient (Wildman–Crippen LogP) is 3.00. The molecule has 3 N–H and O–H groups in total. The van der Waals surface area contributed by atoms with Gasteiger partial charge in [-0.2, -0.15) is 13.8 Å². The topological polar surface area (TPSA) is 161 Å². The maximum absolute atomic E-state index is 15.6. The number of hydrogen-bond donors (Lipinski definition) is 2. The first-order chi connectivity index (χ1) is 18.3. The van der Waals surface area contributed by atoms with Gasteiger partial charge in [-0.15, -0.1) is 0 Å². The van der Waals surface area contributed by atoms with E-state index in [-0.39, 0.29) is 12.4 Å². The van der Waals surface area contributed by atoms with Crippen LogP contribution < -0.4 is 16.7 Å². The van der Waals surface area contributed by atoms with E-state index in [0.29, 0.717) is 11.0 Å². The summed E-state index contributed by atoms with van der Waals surface area (Å²) in [6.07, 6.45) is -2.38. The lowest BCUT2D eigenvalue weighted by atomic mass is 10.1. The summed E-state index contributed by atoms with van der Waals surface area (Å²) in [5.74, 6) is -6.90. The SMILES string of the molecule is CCCCCCOC(=O)Nc1ccn([C@@H]2O[C@H](COC(=O)C(C)C)[C@@H](OC(=O)[C@@H](N)C(C)C)C2(F)F)c(=O)n1. The molecule has 0 bridgehead atoms. The Labute approximate surface area is 225 Å². The van der Waals surface area contributed by atoms with Crippen LogP contribution >= 0.6 is 0 Å². The second kappa shape index (κ2) is 14.3. The van der Waals surface area contributed by atoms with E-state index in [9.17, 15) is 19.2 Å². The summed E-state index contributed by atoms with van der Waals surface area (Å²) in [5.41, 5.74) is 4.58. The number of halogens is 2. The number of anilines is 1. The molecule has 2 heterocycles. The Kier molecular flexibility index (Phi) is 11.8. The Bertz CT molecular complexity index is 1050. The first kappa shape index (κ1) is 32.1. The monoisotopic (exact) mass is 560 g/mol. The number of nitrogens with zero attached hydrogens (tertiary/aromatic N) is 2. The number of hydrogen-bond acceptors (Lipinski definition) is 10. The molecule has 1 aliphatic heterocycles. The van der Waals surface area contributed by atoms with E-state index in [4.69, 9.17) is 24.7 Å². The standard InChI is InChI=1S/C25H38F2N4O8/c1-6-7-8-9-12-36-24(35)30-17-10-11-31(23(34)29-17)22-25(26,27)19(39-21(33)18(28)14(2)3)16(38-22)13-37-20(32)15(4)5/h10-11,14-16,18-19,22H,6-9,12-13,28H2,1-5H3,(H,29,30,34,35)/t16-,18+,19-,22-/m1/s1. The van der Waals surface area contributed by atoms with E-state index in [1.165, 1.54) is 0 Å². The second-order valence-electron chi connectivity index (χ2n) is 9.94. The quantitative estimate of drug-likeness (QED) is 0.208. The molecule has 14 heteroatoms. The van der Waals surface area contributed by atoms with Crippen molar-refractivity contribution in [2.75, 3.05) is 18.5 Å². The highest BCUT2D eigenvalue weighted by molar-refractivity contribution is 5.83. The zero-order valence-electron chi connectivity index (χ0n) is 22.9. The van der Waals surface area contributed by atoms with Crippen molar-refractivity contribution in [1.29, 1.82) is 0 Å². The Morgan fingerprint density at radius 3 is 2.44 bits per heavy atom. The summed E-state index contributed by atoms with van der Waals surface area (Å²) in [7, 11) is 0. The number of esters is 2. The summed E-state index contributed by atoms with van der Waals surface area (Å²) < 4.78 is 52.2. The van der Waals surface area contributed by atoms with Crippen molar-refractivity contribution in [3.63, 3.8) is 0 Å². The van der Waals surface area contributed by atoms with E-state index < -0.39 is 72.6 Å². The number of nitrogens with two attached hydrogens (primary N) is 1. The fourth-order valence-corrected chi connectivity index (χ4v) is 3.55. The number of unbranched alkanes of at least 4 members (excludes halogenated alkanes) is 3. The molecule has 39 heavy (non-hydrogen) atoms. The van der Waals surface area contributed by atoms with Crippen molar-refractivity contribution in [2.45, 2.75) is 90.7 Å². The van der Waals surface area contributed by atoms with Crippen LogP contribution in [0.5, 0.6) is 0 Å². The van der Waals surface area contributed by atoms with E-state index in [0.717, 1.165) is 31.5 Å². The van der Waals surface area contributed by atoms with Gasteiger partial charge in [0.1, 0.15) is 24.6 Å². The summed E-state index contributed by atoms with van der Waals surface area (Å²) in [5, 5.41) is 2.27. The molecule has 1 saturated heterocycles. The molecule has 1 fully saturated rings. The third kappa shape index (κ3) is 8.68. The molecule has 1 aromatic rings. The molecular weight excluding hydrogens is 522 g/mol. The number of amides is 1. The van der Waals surface area contributed by atoms with Gasteiger partial charge in [0, 0.05) is 6.20 Å². The molecule has 0 aliphatic carbocycles. The van der Waals surface area contributed by atoms with Crippen molar-refractivity contribution in [3.05, 3.63) is 22.7 Å². The van der Waals surface area contributed by atoms with Crippen molar-refractivity contribution < 1.29 is 42.1 Å². The minimum Gasteiger partial charge on any atom is -0.463 e. The Hall–Kier alpha value is -3.13. The highest BCUT2D eigenvalue weighted by Crippen LogP contribution is 2.44. The van der Waals surface area contributed by atoms with Crippen molar-refractivity contribution in [2.24, 2.45) is 17.6 Å². The number of aromatic nitrogens is 2. The molecule has 0 saturated carbocycles. The number of nitrogens with one attached hydrogen (secondary N) is 1. The number of alkyl halides is 2. The largest absolute Gasteiger partial charge is 0.463 e. The van der Waals surface area contributed by atoms with Gasteiger partial charge in [-0.1, -0.05) is 53.9 Å². The molecule has 220 valence electrons. The van der Waals surface area contributed by atoms with Gasteiger partial charge in [-0.3, -0.25) is 19.5 Å². The van der Waals surface area contributed by atoms with Crippen LogP contribution in [0.3, 0.4) is 0 Å². The summed E-state index contributed by atoms with van der Waals surface area (Å²) >= 11 is 0. The van der Waals surface area contributed by atoms with Gasteiger partial charge in [0.25, 0.3) is 0 Å². The Morgan fingerprint density at radius 1 is 1.15 bits per heavy atom. The van der Waals surface area contributed by atoms with Crippen LogP contribution in [0.4, 0.5) is 19.4 Å². The number of carbonyl (C=O) groups excluding carboxylic acids is 3. The first-order valence-corrected chi connectivity index (χ1v) is 13.0. The molecule has 0 aromatic carbocycles. The lowest BCUT2D eigenvalue weighted by Crippen LogP contribution is -2.48. The van der Waals surface area contributed by atoms with Crippen LogP contribution in [0.15, 0.2) is 17.1 Å². The number of rotatable bonds is 13. The van der Waals surface area contributed by atoms with Gasteiger partial charge in [0.05, 0.1) is 12.5 Å². The maximum atomic E-state index is 15.6. The van der Waals surface area contributed by atoms with Crippen molar-refractivity contribution in [1.82, 2.24) is 9.55 Å². The van der Waals surface area contributed by atoms with Gasteiger partial charge in [-0.25, -0.2) is 9.59 Å². The summed E-state index contributed by atoms with van der Waals surface area (Å²) in [4.78, 5) is 52.6. The maximum Gasteiger partial charge on any atom is 0.412 e. The van der Waals surface area contributed by atoms with Gasteiger partial charge in [0.15, 0.2) is 6.10 Å². The predicted molar refractivity (Wildman–Crippen MR) is 135 cm³/mol. The van der Waals surface area contributed by atoms with E-state index >= 15 is 8.78 Å². The van der Waals surface area contributed by atoms with Crippen LogP contribution in [-0.2, 0) is 28.5 Å². The van der Waals surface area contributed by atoms with Crippen molar-refractivity contribution >= 4 is 23.8 Å². The fourth-order valence-electron chi connectivity index (χ4n) is 3.55. The van der Waals surface area contributed by atoms with Crippen LogP contribution in [-0.4, -0.2) is 65.0 Å². The minimum atomic E-state index is -3.95. The molecule has 0 unspecified atom stereocenters. The molecule has 1 aliphatic rings. The summed E-state index contributed by atoms with van der Waals surface area (Å²) in [6, 6.07) is -0.0825. The van der Waals surface area contributed by atoms with Crippen molar-refractivity contribution in [3.8, 4) is 0 Å². The number of ether oxygens (including phenoxy) is 4. The Morgan fingerprint density at radius 2 is 1.85 bits per heavy atom. The Balaban J connectivity index is 2.21. The third-order valence-corrected chi connectivity index (χ3v) is 5.99. The molecule has 0 spiro atoms. The minimum absolute atomic E-state index is 0.175. The van der Waals surface area contributed by atoms with Gasteiger partial charge in [-0.05, 0) is 18.4 Å². The lowest BCUT2D eigenvalue weighted by molar-refractivity contribution is -0.179. The fraction of sp³-hybridized carbons (Fsp3) is 0.720. The second-order valence-corrected chi connectivity index (χ2v) is 9.94. The highest BCUT2D eigenvalue weighted by Gasteiger charge is 2.63. The van der Waals surface area contributed by atoms with Gasteiger partial charge < -0.3 is 24.7 Å². The first-order valence-electron chi connectivity index (χ1n) is 13.0. The molecule has 2 rings (SSSR count). The molecular formula is C25H38F2N4O8. The zero-order valence-corrected chi connectivity index (χ0v) is 22.9. The van der Waals surface area contributed by atoms with E-state index in [1.807, 2.05) is 6.92 Å². The number of carbonyl (C=O) groups is 3. The van der Waals surface area contributed by atoms with Crippen LogP contribution in [0.1, 0.15) is 66.5 Å². The third-order valence-electron chi connectivity index (χ3n) is 5.99. The average Bonchev–Trinajstić information content (AvgIpc) is 3.10. The highest BCUT2D eigenvalue weighted by atomic mass is 19.3. The van der Waals surface area contributed by atoms with Crippen LogP contribution in [0.25, 0.3) is 0 Å². The van der Waals surface area contributed by atoms with Crippen LogP contribution in [0, 0.1) is 11.8 Å². The zero-order chi connectivity index (χ0) is 29.3. The molecule has 12 nitrogen and oxygen atoms in total. The summed E-state index contributed by atoms with van der Waals surface area (Å²) in [6.45, 7) is 7.89. The molecule has 4 atom stereocenters. The van der Waals surface area contributed by atoms with E-state index in [2.05, 4.69) is 10.3 Å². The van der Waals surface area contributed by atoms with Crippen LogP contribution in [0.2, 0.25) is 0 Å². The lowest BCUT2D eigenvalue weighted by Gasteiger charge is -2.26. The van der Waals surface area contributed by atoms with Gasteiger partial charge in [0.2, 0.25) is 6.23 Å². The molecule has 1 aromatic heterocycles. The average molecular weight is 561 g/mol. The normalized spacial score (nSPS) is 21.0. The van der Waals surface area contributed by atoms with E-state index in [1.54, 1.807) is 27.7 Å². The molecule has 1 amide bonds. The smallest absolute Gasteiger partial charge is 0.412 e. The van der Waals surface area contributed by atoms with Gasteiger partial charge >= 0.3 is 29.6 Å². The molecule has 0 radical (unpaired) electrons.